The van der Waals surface area contributed by atoms with Crippen LogP contribution in [0.3, 0.4) is 0 Å². The zero-order valence-electron chi connectivity index (χ0n) is 12.4. The van der Waals surface area contributed by atoms with Gasteiger partial charge in [0.1, 0.15) is 0 Å². The third kappa shape index (κ3) is 4.99. The molecule has 2 aliphatic carbocycles. The van der Waals surface area contributed by atoms with Crippen LogP contribution in [0.1, 0.15) is 12.8 Å². The van der Waals surface area contributed by atoms with Gasteiger partial charge in [0.05, 0.1) is 23.5 Å². The summed E-state index contributed by atoms with van der Waals surface area (Å²) in [4.78, 5) is 9.98. The van der Waals surface area contributed by atoms with Gasteiger partial charge in [-0.1, -0.05) is 48.6 Å². The monoisotopic (exact) mass is 376 g/mol. The lowest BCUT2D eigenvalue weighted by atomic mass is 9.98. The van der Waals surface area contributed by atoms with Gasteiger partial charge in [0.2, 0.25) is 0 Å². The molecule has 3 aliphatic rings. The fourth-order valence-electron chi connectivity index (χ4n) is 2.35. The Hall–Kier alpha value is 0.01000. The average Bonchev–Trinajstić information content (AvgIpc) is 2.45. The first-order valence-electron chi connectivity index (χ1n) is 7.18. The van der Waals surface area contributed by atoms with Gasteiger partial charge in [-0.25, -0.2) is 0 Å². The van der Waals surface area contributed by atoms with Gasteiger partial charge >= 0.3 is 8.60 Å². The minimum Gasteiger partial charge on any atom is -0.385 e. The Morgan fingerprint density at radius 2 is 1.61 bits per heavy atom. The molecule has 3 unspecified atom stereocenters. The summed E-state index contributed by atoms with van der Waals surface area (Å²) in [6.45, 7) is 0. The van der Waals surface area contributed by atoms with Crippen LogP contribution in [0.2, 0.25) is 0 Å². The molecule has 3 N–H and O–H groups in total. The number of hydrogen-bond acceptors (Lipinski definition) is 6. The molecule has 1 fully saturated rings. The van der Waals surface area contributed by atoms with Crippen molar-refractivity contribution in [1.29, 1.82) is 0 Å². The number of hydrogen-bond donors (Lipinski definition) is 3. The lowest BCUT2D eigenvalue weighted by Gasteiger charge is -2.37. The topological polar surface area (TPSA) is 88.4 Å². The minimum absolute atomic E-state index is 0.115. The Bertz CT molecular complexity index is 545. The average molecular weight is 376 g/mol. The maximum absolute atomic E-state index is 10.3. The van der Waals surface area contributed by atoms with E-state index in [4.69, 9.17) is 12.9 Å². The Kier molecular flexibility index (Phi) is 5.81. The van der Waals surface area contributed by atoms with Gasteiger partial charge in [-0.05, 0) is 12.8 Å². The maximum atomic E-state index is 10.3. The highest BCUT2D eigenvalue weighted by Crippen LogP contribution is 2.76. The van der Waals surface area contributed by atoms with E-state index in [-0.39, 0.29) is 6.16 Å². The Balaban J connectivity index is 1.38. The largest absolute Gasteiger partial charge is 0.385 e. The van der Waals surface area contributed by atoms with Gasteiger partial charge in [0.15, 0.2) is 16.8 Å². The van der Waals surface area contributed by atoms with Crippen molar-refractivity contribution >= 4 is 25.4 Å². The van der Waals surface area contributed by atoms with Crippen LogP contribution < -0.4 is 0 Å². The SMILES string of the molecule is OP(CC1(O)C=CC=CC1)OP1OP(CC2(O)C=CC=CC2)O1. The minimum atomic E-state index is -1.83. The lowest BCUT2D eigenvalue weighted by Crippen LogP contribution is -2.31. The molecule has 1 saturated heterocycles. The third-order valence-electron chi connectivity index (χ3n) is 3.54. The first-order chi connectivity index (χ1) is 11.0. The van der Waals surface area contributed by atoms with Crippen LogP contribution in [0.25, 0.3) is 0 Å². The predicted octanol–water partition coefficient (Wildman–Crippen LogP) is 3.39. The predicted molar refractivity (Wildman–Crippen MR) is 91.7 cm³/mol. The molecular weight excluding hydrogens is 357 g/mol. The molecule has 0 saturated carbocycles. The van der Waals surface area contributed by atoms with Crippen LogP contribution in [0.15, 0.2) is 48.6 Å². The van der Waals surface area contributed by atoms with Gasteiger partial charge in [0, 0.05) is 0 Å². The fourth-order valence-corrected chi connectivity index (χ4v) is 7.05. The normalized spacial score (nSPS) is 40.1. The molecule has 9 heteroatoms. The lowest BCUT2D eigenvalue weighted by molar-refractivity contribution is 0.112. The summed E-state index contributed by atoms with van der Waals surface area (Å²) >= 11 is 0. The van der Waals surface area contributed by atoms with Crippen molar-refractivity contribution in [3.63, 3.8) is 0 Å². The highest BCUT2D eigenvalue weighted by atomic mass is 31.3. The number of rotatable bonds is 6. The molecule has 1 aliphatic heterocycles. The molecule has 6 nitrogen and oxygen atoms in total. The molecule has 0 amide bonds. The van der Waals surface area contributed by atoms with Crippen LogP contribution in [0.4, 0.5) is 0 Å². The highest BCUT2D eigenvalue weighted by molar-refractivity contribution is 7.74. The van der Waals surface area contributed by atoms with E-state index in [2.05, 4.69) is 0 Å². The first-order valence-corrected chi connectivity index (χ1v) is 11.0. The summed E-state index contributed by atoms with van der Waals surface area (Å²) in [5, 5.41) is 20.6. The quantitative estimate of drug-likeness (QED) is 0.616. The summed E-state index contributed by atoms with van der Waals surface area (Å²) in [6.07, 6.45) is 15.9. The standard InChI is InChI=1S/C14H19O6P3/c15-13(7-3-1-4-8-13)11-21(17)18-23-19-22(20-23)12-14(16)9-5-2-6-10-14/h1-7,9,15-17H,8,10-12H2. The molecule has 3 atom stereocenters. The van der Waals surface area contributed by atoms with Gasteiger partial charge in [0.25, 0.3) is 0 Å². The summed E-state index contributed by atoms with van der Waals surface area (Å²) < 4.78 is 16.4. The molecule has 126 valence electrons. The van der Waals surface area contributed by atoms with E-state index in [0.717, 1.165) is 0 Å². The zero-order valence-corrected chi connectivity index (χ0v) is 15.0. The second kappa shape index (κ2) is 7.49. The van der Waals surface area contributed by atoms with E-state index < -0.39 is 36.6 Å². The molecule has 0 aromatic heterocycles. The first kappa shape index (κ1) is 17.8. The van der Waals surface area contributed by atoms with E-state index in [9.17, 15) is 15.1 Å². The van der Waals surface area contributed by atoms with E-state index in [0.29, 0.717) is 19.0 Å². The second-order valence-corrected chi connectivity index (χ2v) is 10.1. The molecular formula is C14H19O6P3. The Morgan fingerprint density at radius 1 is 1.00 bits per heavy atom. The molecule has 3 rings (SSSR count). The fraction of sp³-hybridized carbons (Fsp3) is 0.429. The van der Waals surface area contributed by atoms with Crippen molar-refractivity contribution < 1.29 is 28.0 Å². The van der Waals surface area contributed by atoms with Crippen molar-refractivity contribution in [1.82, 2.24) is 0 Å². The Morgan fingerprint density at radius 3 is 2.17 bits per heavy atom. The van der Waals surface area contributed by atoms with Gasteiger partial charge < -0.3 is 15.1 Å². The van der Waals surface area contributed by atoms with E-state index in [1.54, 1.807) is 24.3 Å². The summed E-state index contributed by atoms with van der Waals surface area (Å²) in [5.41, 5.74) is -2.01. The van der Waals surface area contributed by atoms with Crippen molar-refractivity contribution in [2.45, 2.75) is 24.0 Å². The van der Waals surface area contributed by atoms with Crippen LogP contribution in [-0.4, -0.2) is 38.6 Å². The number of aliphatic hydroxyl groups is 2. The van der Waals surface area contributed by atoms with Crippen LogP contribution >= 0.6 is 25.4 Å². The van der Waals surface area contributed by atoms with Crippen molar-refractivity contribution in [2.75, 3.05) is 12.3 Å². The molecule has 0 aromatic rings. The summed E-state index contributed by atoms with van der Waals surface area (Å²) in [6, 6.07) is 0. The molecule has 23 heavy (non-hydrogen) atoms. The van der Waals surface area contributed by atoms with E-state index in [1.807, 2.05) is 24.3 Å². The van der Waals surface area contributed by atoms with E-state index >= 15 is 0 Å². The highest BCUT2D eigenvalue weighted by Gasteiger charge is 2.43. The molecule has 0 spiro atoms. The summed E-state index contributed by atoms with van der Waals surface area (Å²) in [5.74, 6) is 0. The molecule has 0 radical (unpaired) electrons. The van der Waals surface area contributed by atoms with Crippen molar-refractivity contribution in [3.05, 3.63) is 48.6 Å². The summed E-state index contributed by atoms with van der Waals surface area (Å²) in [7, 11) is -4.60. The van der Waals surface area contributed by atoms with Crippen molar-refractivity contribution in [3.8, 4) is 0 Å². The molecule has 1 heterocycles. The number of allylic oxidation sites excluding steroid dienone is 4. The zero-order chi connectivity index (χ0) is 16.3. The Labute approximate surface area is 139 Å². The van der Waals surface area contributed by atoms with Gasteiger partial charge in [-0.3, -0.25) is 12.9 Å². The van der Waals surface area contributed by atoms with E-state index in [1.165, 1.54) is 0 Å². The third-order valence-corrected chi connectivity index (χ3v) is 8.97. The second-order valence-electron chi connectivity index (χ2n) is 5.66. The van der Waals surface area contributed by atoms with Gasteiger partial charge in [-0.15, -0.1) is 0 Å². The smallest absolute Gasteiger partial charge is 0.349 e. The van der Waals surface area contributed by atoms with Crippen LogP contribution in [-0.2, 0) is 12.9 Å². The van der Waals surface area contributed by atoms with Crippen molar-refractivity contribution in [2.24, 2.45) is 0 Å². The van der Waals surface area contributed by atoms with Crippen LogP contribution in [0, 0.1) is 0 Å². The molecule has 0 aromatic carbocycles. The van der Waals surface area contributed by atoms with Gasteiger partial charge in [-0.2, -0.15) is 0 Å². The maximum Gasteiger partial charge on any atom is 0.349 e. The van der Waals surface area contributed by atoms with Crippen LogP contribution in [0.5, 0.6) is 0 Å². The molecule has 0 bridgehead atoms.